The van der Waals surface area contributed by atoms with Crippen LogP contribution in [0.5, 0.6) is 11.6 Å². The molecule has 0 radical (unpaired) electrons. The van der Waals surface area contributed by atoms with E-state index < -0.39 is 6.09 Å². The van der Waals surface area contributed by atoms with Crippen LogP contribution in [0.1, 0.15) is 17.5 Å². The summed E-state index contributed by atoms with van der Waals surface area (Å²) in [6, 6.07) is 3.13. The summed E-state index contributed by atoms with van der Waals surface area (Å²) in [7, 11) is 1.51. The third-order valence-corrected chi connectivity index (χ3v) is 6.46. The zero-order chi connectivity index (χ0) is 25.9. The number of anilines is 2. The zero-order valence-corrected chi connectivity index (χ0v) is 20.2. The Labute approximate surface area is 211 Å². The van der Waals surface area contributed by atoms with Crippen LogP contribution >= 0.6 is 0 Å². The van der Waals surface area contributed by atoms with E-state index in [1.807, 2.05) is 0 Å². The minimum Gasteiger partial charge on any atom is -0.484 e. The molecule has 12 nitrogen and oxygen atoms in total. The van der Waals surface area contributed by atoms with Gasteiger partial charge >= 0.3 is 6.09 Å². The first-order valence-corrected chi connectivity index (χ1v) is 12.0. The van der Waals surface area contributed by atoms with E-state index in [2.05, 4.69) is 25.9 Å². The van der Waals surface area contributed by atoms with E-state index in [1.54, 1.807) is 6.07 Å². The van der Waals surface area contributed by atoms with Gasteiger partial charge in [-0.25, -0.2) is 19.2 Å². The molecule has 37 heavy (non-hydrogen) atoms. The number of benzene rings is 1. The lowest BCUT2D eigenvalue weighted by atomic mass is 10.1. The molecule has 3 N–H and O–H groups in total. The van der Waals surface area contributed by atoms with Crippen molar-refractivity contribution in [2.75, 3.05) is 50.1 Å². The summed E-state index contributed by atoms with van der Waals surface area (Å²) in [5, 5.41) is 8.41. The molecule has 3 aliphatic rings. The van der Waals surface area contributed by atoms with Gasteiger partial charge in [0.1, 0.15) is 17.7 Å². The molecule has 0 spiro atoms. The Morgan fingerprint density at radius 2 is 2.19 bits per heavy atom. The van der Waals surface area contributed by atoms with Crippen molar-refractivity contribution in [2.45, 2.75) is 25.4 Å². The van der Waals surface area contributed by atoms with Crippen molar-refractivity contribution in [3.05, 3.63) is 35.3 Å². The predicted molar refractivity (Wildman–Crippen MR) is 128 cm³/mol. The lowest BCUT2D eigenvalue weighted by molar-refractivity contribution is -0.122. The van der Waals surface area contributed by atoms with E-state index in [0.717, 1.165) is 5.56 Å². The van der Waals surface area contributed by atoms with Crippen molar-refractivity contribution in [1.29, 1.82) is 0 Å². The summed E-state index contributed by atoms with van der Waals surface area (Å²) < 4.78 is 30.6. The number of nitrogens with one attached hydrogen (secondary N) is 3. The Morgan fingerprint density at radius 1 is 1.32 bits per heavy atom. The summed E-state index contributed by atoms with van der Waals surface area (Å²) in [6.07, 6.45) is 2.46. The van der Waals surface area contributed by atoms with Crippen molar-refractivity contribution >= 4 is 29.5 Å². The molecule has 1 aromatic heterocycles. The Bertz CT molecular complexity index is 1230. The number of halogens is 1. The second kappa shape index (κ2) is 10.5. The Hall–Kier alpha value is -4.00. The average molecular weight is 515 g/mol. The number of amides is 3. The Morgan fingerprint density at radius 3 is 3.03 bits per heavy atom. The third-order valence-electron chi connectivity index (χ3n) is 6.46. The molecule has 1 aliphatic carbocycles. The summed E-state index contributed by atoms with van der Waals surface area (Å²) in [5.74, 6) is 0.288. The van der Waals surface area contributed by atoms with Crippen molar-refractivity contribution < 1.29 is 33.0 Å². The number of hydrogen-bond donors (Lipinski definition) is 3. The van der Waals surface area contributed by atoms with Gasteiger partial charge in [0.25, 0.3) is 17.7 Å². The molecule has 196 valence electrons. The first kappa shape index (κ1) is 24.7. The number of fused-ring (bicyclic) bond motifs is 2. The second-order valence-corrected chi connectivity index (χ2v) is 9.11. The van der Waals surface area contributed by atoms with Crippen LogP contribution in [-0.4, -0.2) is 73.9 Å². The standard InChI is InChI=1S/C24H27FN6O6/c1-26-20(32)11-35-16-6-14-4-13(5-17(14)18(25)7-16)8-27-3-2-15-10-31(24(34)37-15)19-9-28-23-22(29-19)30-21(33)12-36-23/h6-7,9,13,15,27H,2-5,8,10-12H2,1H3,(H,26,32)(H,29,30,33). The van der Waals surface area contributed by atoms with Gasteiger partial charge in [0.05, 0.1) is 12.7 Å². The van der Waals surface area contributed by atoms with Crippen molar-refractivity contribution in [2.24, 2.45) is 5.92 Å². The van der Waals surface area contributed by atoms with Crippen LogP contribution in [0.15, 0.2) is 18.3 Å². The van der Waals surface area contributed by atoms with Gasteiger partial charge in [-0.2, -0.15) is 0 Å². The van der Waals surface area contributed by atoms with Gasteiger partial charge in [-0.1, -0.05) is 0 Å². The van der Waals surface area contributed by atoms with E-state index in [0.29, 0.717) is 50.2 Å². The number of nitrogens with zero attached hydrogens (tertiary/aromatic N) is 3. The first-order chi connectivity index (χ1) is 17.9. The van der Waals surface area contributed by atoms with Gasteiger partial charge in [0, 0.05) is 13.1 Å². The number of carbonyl (C=O) groups is 3. The fourth-order valence-electron chi connectivity index (χ4n) is 4.61. The highest BCUT2D eigenvalue weighted by molar-refractivity contribution is 5.94. The molecule has 1 aromatic carbocycles. The molecule has 2 aromatic rings. The molecular weight excluding hydrogens is 487 g/mol. The summed E-state index contributed by atoms with van der Waals surface area (Å²) >= 11 is 0. The van der Waals surface area contributed by atoms with E-state index in [-0.39, 0.29) is 60.4 Å². The number of cyclic esters (lactones) is 1. The topological polar surface area (TPSA) is 144 Å². The number of carbonyl (C=O) groups excluding carboxylic acids is 3. The quantitative estimate of drug-likeness (QED) is 0.414. The SMILES string of the molecule is CNC(=O)COc1cc(F)c2c(c1)CC(CNCCC1CN(c3cnc4c(n3)NC(=O)CO4)C(=O)O1)C2. The molecule has 1 fully saturated rings. The van der Waals surface area contributed by atoms with E-state index in [9.17, 15) is 18.8 Å². The molecule has 0 saturated carbocycles. The van der Waals surface area contributed by atoms with Gasteiger partial charge in [0.2, 0.25) is 0 Å². The van der Waals surface area contributed by atoms with Gasteiger partial charge < -0.3 is 30.2 Å². The van der Waals surface area contributed by atoms with Gasteiger partial charge in [-0.3, -0.25) is 14.5 Å². The number of hydrogen-bond acceptors (Lipinski definition) is 9. The molecule has 2 unspecified atom stereocenters. The van der Waals surface area contributed by atoms with Crippen LogP contribution in [0, 0.1) is 11.7 Å². The molecule has 13 heteroatoms. The summed E-state index contributed by atoms with van der Waals surface area (Å²) in [4.78, 5) is 45.0. The number of ether oxygens (including phenoxy) is 3. The Kier molecular flexibility index (Phi) is 7.04. The van der Waals surface area contributed by atoms with Crippen LogP contribution in [-0.2, 0) is 27.2 Å². The maximum atomic E-state index is 14.6. The Balaban J connectivity index is 1.08. The molecule has 2 atom stereocenters. The number of rotatable bonds is 9. The monoisotopic (exact) mass is 514 g/mol. The number of likely N-dealkylation sites (N-methyl/N-ethyl adjacent to an activating group) is 1. The maximum Gasteiger partial charge on any atom is 0.415 e. The van der Waals surface area contributed by atoms with Crippen LogP contribution in [0.4, 0.5) is 20.8 Å². The van der Waals surface area contributed by atoms with Gasteiger partial charge in [-0.15, -0.1) is 0 Å². The van der Waals surface area contributed by atoms with Crippen molar-refractivity contribution in [3.8, 4) is 11.6 Å². The highest BCUT2D eigenvalue weighted by Gasteiger charge is 2.34. The minimum atomic E-state index is -0.529. The van der Waals surface area contributed by atoms with E-state index in [1.165, 1.54) is 24.2 Å². The smallest absolute Gasteiger partial charge is 0.415 e. The zero-order valence-electron chi connectivity index (χ0n) is 20.2. The van der Waals surface area contributed by atoms with Gasteiger partial charge in [-0.05, 0) is 55.5 Å². The lowest BCUT2D eigenvalue weighted by Crippen LogP contribution is -2.30. The van der Waals surface area contributed by atoms with Gasteiger partial charge in [0.15, 0.2) is 24.8 Å². The maximum absolute atomic E-state index is 14.6. The average Bonchev–Trinajstić information content (AvgIpc) is 3.47. The lowest BCUT2D eigenvalue weighted by Gasteiger charge is -2.18. The first-order valence-electron chi connectivity index (χ1n) is 12.0. The molecule has 0 bridgehead atoms. The summed E-state index contributed by atoms with van der Waals surface area (Å²) in [6.45, 7) is 1.32. The largest absolute Gasteiger partial charge is 0.484 e. The van der Waals surface area contributed by atoms with Crippen LogP contribution in [0.2, 0.25) is 0 Å². The second-order valence-electron chi connectivity index (χ2n) is 9.11. The summed E-state index contributed by atoms with van der Waals surface area (Å²) in [5.41, 5.74) is 1.58. The highest BCUT2D eigenvalue weighted by atomic mass is 19.1. The highest BCUT2D eigenvalue weighted by Crippen LogP contribution is 2.32. The molecule has 1 saturated heterocycles. The van der Waals surface area contributed by atoms with Crippen molar-refractivity contribution in [3.63, 3.8) is 0 Å². The van der Waals surface area contributed by atoms with E-state index >= 15 is 0 Å². The van der Waals surface area contributed by atoms with Crippen LogP contribution in [0.3, 0.4) is 0 Å². The molecule has 5 rings (SSSR count). The predicted octanol–water partition coefficient (Wildman–Crippen LogP) is 0.791. The third kappa shape index (κ3) is 5.56. The number of aromatic nitrogens is 2. The molecule has 3 amide bonds. The molecule has 3 heterocycles. The van der Waals surface area contributed by atoms with Crippen LogP contribution in [0.25, 0.3) is 0 Å². The van der Waals surface area contributed by atoms with Crippen LogP contribution < -0.4 is 30.3 Å². The normalized spacial score (nSPS) is 20.0. The minimum absolute atomic E-state index is 0.127. The fourth-order valence-corrected chi connectivity index (χ4v) is 4.61. The fraction of sp³-hybridized carbons (Fsp3) is 0.458. The molecule has 2 aliphatic heterocycles. The van der Waals surface area contributed by atoms with E-state index in [4.69, 9.17) is 14.2 Å². The molecular formula is C24H27FN6O6. The van der Waals surface area contributed by atoms with Crippen molar-refractivity contribution in [1.82, 2.24) is 20.6 Å².